The molecule has 11 heavy (non-hydrogen) atoms. The van der Waals surface area contributed by atoms with Crippen LogP contribution in [0.4, 0.5) is 5.69 Å². The third-order valence-electron chi connectivity index (χ3n) is 1.16. The predicted molar refractivity (Wildman–Crippen MR) is 45.0 cm³/mol. The molecule has 4 heteroatoms. The van der Waals surface area contributed by atoms with E-state index in [2.05, 4.69) is 0 Å². The van der Waals surface area contributed by atoms with Crippen LogP contribution in [0.15, 0.2) is 24.3 Å². The Labute approximate surface area is 76.4 Å². The zero-order valence-electron chi connectivity index (χ0n) is 5.24. The summed E-state index contributed by atoms with van der Waals surface area (Å²) in [6, 6.07) is 6.06. The summed E-state index contributed by atoms with van der Waals surface area (Å²) in [6.45, 7) is 0. The zero-order valence-corrected chi connectivity index (χ0v) is 5.24. The molecule has 54 valence electrons. The Kier molecular flexibility index (Phi) is 3.73. The third kappa shape index (κ3) is 2.67. The van der Waals surface area contributed by atoms with E-state index in [-0.39, 0.29) is 24.4 Å². The molecule has 1 aromatic rings. The molecule has 3 N–H and O–H groups in total. The Morgan fingerprint density at radius 3 is 2.09 bits per heavy atom. The summed E-state index contributed by atoms with van der Waals surface area (Å²) in [5.41, 5.74) is 6.17. The van der Waals surface area contributed by atoms with Crippen LogP contribution in [0.25, 0.3) is 0 Å². The van der Waals surface area contributed by atoms with Crippen molar-refractivity contribution >= 4 is 30.5 Å². The molecule has 0 bridgehead atoms. The summed E-state index contributed by atoms with van der Waals surface area (Å²) >= 11 is 0. The number of nitrogens with two attached hydrogens (primary N) is 1. The summed E-state index contributed by atoms with van der Waals surface area (Å²) in [6.07, 6.45) is 0. The van der Waals surface area contributed by atoms with Gasteiger partial charge in [0.05, 0.1) is 5.56 Å². The number of carboxylic acid groups (broad SMARTS) is 1. The van der Waals surface area contributed by atoms with Crippen molar-refractivity contribution in [2.45, 2.75) is 0 Å². The number of hydrogen-bond acceptors (Lipinski definition) is 2. The van der Waals surface area contributed by atoms with Crippen molar-refractivity contribution in [1.29, 1.82) is 0 Å². The van der Waals surface area contributed by atoms with Crippen LogP contribution in [0.3, 0.4) is 0 Å². The second-order valence-corrected chi connectivity index (χ2v) is 1.93. The quantitative estimate of drug-likeness (QED) is 0.441. The van der Waals surface area contributed by atoms with E-state index in [4.69, 9.17) is 10.8 Å². The van der Waals surface area contributed by atoms with E-state index in [9.17, 15) is 4.79 Å². The summed E-state index contributed by atoms with van der Waals surface area (Å²) in [5.74, 6) is -0.931. The first kappa shape index (κ1) is 10.1. The molecule has 0 aliphatic carbocycles. The van der Waals surface area contributed by atoms with E-state index < -0.39 is 5.97 Å². The molecule has 0 fully saturated rings. The van der Waals surface area contributed by atoms with Crippen LogP contribution in [0.5, 0.6) is 0 Å². The minimum absolute atomic E-state index is 0. The third-order valence-corrected chi connectivity index (χ3v) is 1.16. The van der Waals surface area contributed by atoms with E-state index in [0.29, 0.717) is 5.69 Å². The van der Waals surface area contributed by atoms with Gasteiger partial charge in [-0.15, -0.1) is 0 Å². The number of carboxylic acids is 1. The Morgan fingerprint density at radius 1 is 1.27 bits per heavy atom. The first-order chi connectivity index (χ1) is 4.70. The van der Waals surface area contributed by atoms with Crippen LogP contribution < -0.4 is 5.73 Å². The summed E-state index contributed by atoms with van der Waals surface area (Å²) in [4.78, 5) is 10.3. The van der Waals surface area contributed by atoms with Crippen molar-refractivity contribution in [3.8, 4) is 0 Å². The molecule has 0 heterocycles. The van der Waals surface area contributed by atoms with Crippen LogP contribution in [-0.2, 0) is 0 Å². The molecule has 0 unspecified atom stereocenters. The van der Waals surface area contributed by atoms with Gasteiger partial charge in [-0.2, -0.15) is 0 Å². The van der Waals surface area contributed by atoms with Crippen molar-refractivity contribution in [2.24, 2.45) is 0 Å². The summed E-state index contributed by atoms with van der Waals surface area (Å²) in [5, 5.41) is 8.43. The molecule has 0 aliphatic rings. The summed E-state index contributed by atoms with van der Waals surface area (Å²) < 4.78 is 0. The standard InChI is InChI=1S/C7H7NO2.Li.H/c8-6-3-1-5(2-4-6)7(9)10;;/h1-4H,8H2,(H,9,10);;. The molecule has 0 amide bonds. The van der Waals surface area contributed by atoms with Gasteiger partial charge in [-0.1, -0.05) is 0 Å². The molecule has 0 spiro atoms. The van der Waals surface area contributed by atoms with Gasteiger partial charge in [0.25, 0.3) is 0 Å². The van der Waals surface area contributed by atoms with E-state index in [0.717, 1.165) is 0 Å². The Hall–Kier alpha value is -0.913. The zero-order chi connectivity index (χ0) is 7.56. The van der Waals surface area contributed by atoms with Gasteiger partial charge in [-0.3, -0.25) is 0 Å². The number of anilines is 1. The second kappa shape index (κ2) is 4.07. The van der Waals surface area contributed by atoms with Crippen molar-refractivity contribution in [1.82, 2.24) is 0 Å². The van der Waals surface area contributed by atoms with Gasteiger partial charge in [0.2, 0.25) is 0 Å². The molecule has 0 atom stereocenters. The number of benzene rings is 1. The average Bonchev–Trinajstić information content (AvgIpc) is 1.88. The molecular weight excluding hydrogens is 137 g/mol. The number of rotatable bonds is 1. The van der Waals surface area contributed by atoms with Crippen LogP contribution in [0.2, 0.25) is 0 Å². The predicted octanol–water partition coefficient (Wildman–Crippen LogP) is 0.319. The molecular formula is C7H8LiNO2. The molecule has 0 saturated heterocycles. The van der Waals surface area contributed by atoms with Crippen LogP contribution >= 0.6 is 0 Å². The van der Waals surface area contributed by atoms with E-state index >= 15 is 0 Å². The second-order valence-electron chi connectivity index (χ2n) is 1.93. The number of hydrogen-bond donors (Lipinski definition) is 2. The molecule has 0 aliphatic heterocycles. The molecule has 0 saturated carbocycles. The fourth-order valence-corrected chi connectivity index (χ4v) is 0.626. The van der Waals surface area contributed by atoms with Crippen molar-refractivity contribution in [3.05, 3.63) is 29.8 Å². The Balaban J connectivity index is 0.000001000. The molecule has 0 radical (unpaired) electrons. The van der Waals surface area contributed by atoms with Gasteiger partial charge in [-0.05, 0) is 24.3 Å². The van der Waals surface area contributed by atoms with Gasteiger partial charge in [0.15, 0.2) is 0 Å². The minimum atomic E-state index is -0.931. The SMILES string of the molecule is Nc1ccc(C(=O)O)cc1.[LiH]. The molecule has 1 aromatic carbocycles. The van der Waals surface area contributed by atoms with E-state index in [1.165, 1.54) is 12.1 Å². The first-order valence-corrected chi connectivity index (χ1v) is 2.79. The van der Waals surface area contributed by atoms with Gasteiger partial charge < -0.3 is 10.8 Å². The summed E-state index contributed by atoms with van der Waals surface area (Å²) in [7, 11) is 0. The van der Waals surface area contributed by atoms with Gasteiger partial charge >= 0.3 is 24.8 Å². The molecule has 0 aromatic heterocycles. The number of aromatic carboxylic acids is 1. The van der Waals surface area contributed by atoms with Gasteiger partial charge in [-0.25, -0.2) is 4.79 Å². The van der Waals surface area contributed by atoms with Crippen molar-refractivity contribution in [3.63, 3.8) is 0 Å². The van der Waals surface area contributed by atoms with Crippen LogP contribution in [0.1, 0.15) is 10.4 Å². The van der Waals surface area contributed by atoms with Crippen molar-refractivity contribution < 1.29 is 9.90 Å². The average molecular weight is 145 g/mol. The normalized spacial score (nSPS) is 8.36. The maximum atomic E-state index is 10.3. The first-order valence-electron chi connectivity index (χ1n) is 2.79. The van der Waals surface area contributed by atoms with E-state index in [1.807, 2.05) is 0 Å². The van der Waals surface area contributed by atoms with Crippen LogP contribution in [0, 0.1) is 0 Å². The monoisotopic (exact) mass is 145 g/mol. The number of nitrogen functional groups attached to an aromatic ring is 1. The topological polar surface area (TPSA) is 63.3 Å². The fourth-order valence-electron chi connectivity index (χ4n) is 0.626. The Morgan fingerprint density at radius 2 is 1.73 bits per heavy atom. The van der Waals surface area contributed by atoms with Gasteiger partial charge in [0.1, 0.15) is 0 Å². The van der Waals surface area contributed by atoms with E-state index in [1.54, 1.807) is 12.1 Å². The maximum absolute atomic E-state index is 10.3. The van der Waals surface area contributed by atoms with Crippen LogP contribution in [-0.4, -0.2) is 29.9 Å². The molecule has 3 nitrogen and oxygen atoms in total. The Bertz CT molecular complexity index is 245. The number of carbonyl (C=O) groups is 1. The van der Waals surface area contributed by atoms with Gasteiger partial charge in [0, 0.05) is 5.69 Å². The van der Waals surface area contributed by atoms with Crippen molar-refractivity contribution in [2.75, 3.05) is 5.73 Å². The fraction of sp³-hybridized carbons (Fsp3) is 0. The molecule has 1 rings (SSSR count).